The Morgan fingerprint density at radius 3 is 2.89 bits per heavy atom. The summed E-state index contributed by atoms with van der Waals surface area (Å²) in [4.78, 5) is 10.6. The first-order valence-corrected chi connectivity index (χ1v) is 7.43. The number of nitrogens with zero attached hydrogens (tertiary/aromatic N) is 3. The maximum atomic E-state index is 10.6. The summed E-state index contributed by atoms with van der Waals surface area (Å²) in [6.45, 7) is 0. The molecule has 0 radical (unpaired) electrons. The average molecular weight is 319 g/mol. The largest absolute Gasteiger partial charge is 0.370 e. The number of pyridine rings is 1. The third kappa shape index (κ3) is 3.75. The molecule has 0 unspecified atom stereocenters. The number of fused-ring (bicyclic) bond motifs is 1. The molecule has 2 N–H and O–H groups in total. The molecule has 0 saturated heterocycles. The van der Waals surface area contributed by atoms with E-state index >= 15 is 0 Å². The average Bonchev–Trinajstić information content (AvgIpc) is 2.72. The fraction of sp³-hybridized carbons (Fsp3) is 0.364. The van der Waals surface area contributed by atoms with Gasteiger partial charge in [-0.15, -0.1) is 10.2 Å². The summed E-state index contributed by atoms with van der Waals surface area (Å²) in [5.41, 5.74) is 5.66. The van der Waals surface area contributed by atoms with Crippen LogP contribution in [0.2, 0.25) is 10.0 Å². The van der Waals surface area contributed by atoms with Crippen molar-refractivity contribution in [3.05, 3.63) is 22.3 Å². The van der Waals surface area contributed by atoms with Gasteiger partial charge in [-0.05, 0) is 18.9 Å². The Morgan fingerprint density at radius 2 is 2.16 bits per heavy atom. The fourth-order valence-corrected chi connectivity index (χ4v) is 2.98. The van der Waals surface area contributed by atoms with E-state index in [4.69, 9.17) is 28.9 Å². The van der Waals surface area contributed by atoms with Crippen molar-refractivity contribution in [2.24, 2.45) is 5.73 Å². The minimum absolute atomic E-state index is 0.267. The van der Waals surface area contributed by atoms with E-state index in [1.54, 1.807) is 28.4 Å². The lowest BCUT2D eigenvalue weighted by Gasteiger charge is -2.01. The van der Waals surface area contributed by atoms with Gasteiger partial charge >= 0.3 is 0 Å². The molecule has 2 aromatic rings. The highest BCUT2D eigenvalue weighted by Gasteiger charge is 2.10. The molecule has 0 aliphatic heterocycles. The number of aromatic nitrogens is 3. The Hall–Kier alpha value is -0.980. The smallest absolute Gasteiger partial charge is 0.217 e. The fourth-order valence-electron chi connectivity index (χ4n) is 1.57. The van der Waals surface area contributed by atoms with Crippen LogP contribution in [0.25, 0.3) is 5.65 Å². The summed E-state index contributed by atoms with van der Waals surface area (Å²) in [6, 6.07) is 1.63. The Morgan fingerprint density at radius 1 is 1.37 bits per heavy atom. The molecule has 0 fully saturated rings. The van der Waals surface area contributed by atoms with Crippen LogP contribution in [0.15, 0.2) is 17.4 Å². The topological polar surface area (TPSA) is 73.3 Å². The summed E-state index contributed by atoms with van der Waals surface area (Å²) in [6.07, 6.45) is 3.81. The highest BCUT2D eigenvalue weighted by molar-refractivity contribution is 7.99. The first kappa shape index (κ1) is 14.4. The number of nitrogens with two attached hydrogens (primary N) is 1. The molecule has 5 nitrogen and oxygen atoms in total. The van der Waals surface area contributed by atoms with Gasteiger partial charge in [0, 0.05) is 18.4 Å². The summed E-state index contributed by atoms with van der Waals surface area (Å²) in [7, 11) is 0. The van der Waals surface area contributed by atoms with E-state index in [0.29, 0.717) is 22.1 Å². The van der Waals surface area contributed by atoms with Crippen molar-refractivity contribution in [2.75, 3.05) is 5.75 Å². The molecular weight excluding hydrogens is 307 g/mol. The van der Waals surface area contributed by atoms with Gasteiger partial charge in [0.15, 0.2) is 10.8 Å². The van der Waals surface area contributed by atoms with Crippen LogP contribution in [0.5, 0.6) is 0 Å². The van der Waals surface area contributed by atoms with Gasteiger partial charge in [0.25, 0.3) is 0 Å². The van der Waals surface area contributed by atoms with Gasteiger partial charge in [-0.3, -0.25) is 9.20 Å². The molecule has 0 aliphatic rings. The van der Waals surface area contributed by atoms with Crippen molar-refractivity contribution in [3.8, 4) is 0 Å². The summed E-state index contributed by atoms with van der Waals surface area (Å²) >= 11 is 13.5. The van der Waals surface area contributed by atoms with Crippen LogP contribution in [0.4, 0.5) is 0 Å². The Balaban J connectivity index is 1.99. The molecule has 1 amide bonds. The van der Waals surface area contributed by atoms with E-state index in [0.717, 1.165) is 23.8 Å². The first-order chi connectivity index (χ1) is 9.08. The summed E-state index contributed by atoms with van der Waals surface area (Å²) < 4.78 is 1.77. The van der Waals surface area contributed by atoms with E-state index in [-0.39, 0.29) is 5.91 Å². The van der Waals surface area contributed by atoms with Gasteiger partial charge < -0.3 is 5.73 Å². The highest BCUT2D eigenvalue weighted by Crippen LogP contribution is 2.25. The number of unbranched alkanes of at least 4 members (excludes halogenated alkanes) is 1. The molecule has 8 heteroatoms. The number of halogens is 2. The van der Waals surface area contributed by atoms with Gasteiger partial charge in [-0.1, -0.05) is 35.0 Å². The maximum absolute atomic E-state index is 10.6. The number of rotatable bonds is 6. The lowest BCUT2D eigenvalue weighted by atomic mass is 10.2. The first-order valence-electron chi connectivity index (χ1n) is 5.69. The van der Waals surface area contributed by atoms with Crippen molar-refractivity contribution in [1.29, 1.82) is 0 Å². The van der Waals surface area contributed by atoms with Crippen LogP contribution in [-0.4, -0.2) is 26.3 Å². The molecule has 0 spiro atoms. The van der Waals surface area contributed by atoms with Crippen molar-refractivity contribution in [2.45, 2.75) is 24.4 Å². The molecule has 2 aromatic heterocycles. The minimum atomic E-state index is -0.267. The van der Waals surface area contributed by atoms with E-state index in [9.17, 15) is 4.79 Å². The van der Waals surface area contributed by atoms with E-state index in [1.807, 2.05) is 0 Å². The number of primary amides is 1. The Kier molecular flexibility index (Phi) is 4.90. The summed E-state index contributed by atoms with van der Waals surface area (Å²) in [5.74, 6) is 0.564. The Labute approximate surface area is 124 Å². The van der Waals surface area contributed by atoms with Crippen molar-refractivity contribution in [3.63, 3.8) is 0 Å². The number of carbonyl (C=O) groups excluding carboxylic acids is 1. The van der Waals surface area contributed by atoms with Crippen LogP contribution in [0.1, 0.15) is 19.3 Å². The second kappa shape index (κ2) is 6.45. The molecule has 19 heavy (non-hydrogen) atoms. The van der Waals surface area contributed by atoms with Gasteiger partial charge in [0.05, 0.1) is 10.0 Å². The zero-order chi connectivity index (χ0) is 13.8. The standard InChI is InChI=1S/C11H12Cl2N4OS/c12-7-5-8(13)10-15-16-11(17(10)6-7)19-4-2-1-3-9(14)18/h5-6H,1-4H2,(H2,14,18). The highest BCUT2D eigenvalue weighted by atomic mass is 35.5. The van der Waals surface area contributed by atoms with E-state index in [2.05, 4.69) is 10.2 Å². The lowest BCUT2D eigenvalue weighted by molar-refractivity contribution is -0.118. The number of hydrogen-bond donors (Lipinski definition) is 1. The molecule has 2 rings (SSSR count). The van der Waals surface area contributed by atoms with E-state index in [1.165, 1.54) is 0 Å². The lowest BCUT2D eigenvalue weighted by Crippen LogP contribution is -2.09. The molecule has 0 aliphatic carbocycles. The van der Waals surface area contributed by atoms with Gasteiger partial charge in [0.2, 0.25) is 5.91 Å². The molecule has 102 valence electrons. The number of hydrogen-bond acceptors (Lipinski definition) is 4. The van der Waals surface area contributed by atoms with Crippen molar-refractivity contribution in [1.82, 2.24) is 14.6 Å². The van der Waals surface area contributed by atoms with Gasteiger partial charge in [-0.2, -0.15) is 0 Å². The monoisotopic (exact) mass is 318 g/mol. The molecular formula is C11H12Cl2N4OS. The minimum Gasteiger partial charge on any atom is -0.370 e. The van der Waals surface area contributed by atoms with Crippen molar-refractivity contribution < 1.29 is 4.79 Å². The second-order valence-corrected chi connectivity index (χ2v) is 5.86. The van der Waals surface area contributed by atoms with Gasteiger partial charge in [0.1, 0.15) is 0 Å². The SMILES string of the molecule is NC(=O)CCCCSc1nnc2c(Cl)cc(Cl)cn12. The van der Waals surface area contributed by atoms with Crippen LogP contribution in [0, 0.1) is 0 Å². The zero-order valence-electron chi connectivity index (χ0n) is 9.97. The molecule has 0 saturated carbocycles. The molecule has 0 aromatic carbocycles. The van der Waals surface area contributed by atoms with Gasteiger partial charge in [-0.25, -0.2) is 0 Å². The normalized spacial score (nSPS) is 11.1. The predicted molar refractivity (Wildman–Crippen MR) is 76.8 cm³/mol. The van der Waals surface area contributed by atoms with Crippen LogP contribution >= 0.6 is 35.0 Å². The molecule has 0 atom stereocenters. The number of amides is 1. The van der Waals surface area contributed by atoms with Crippen LogP contribution in [-0.2, 0) is 4.79 Å². The number of thioether (sulfide) groups is 1. The van der Waals surface area contributed by atoms with Crippen LogP contribution in [0.3, 0.4) is 0 Å². The molecule has 2 heterocycles. The maximum Gasteiger partial charge on any atom is 0.217 e. The quantitative estimate of drug-likeness (QED) is 0.656. The van der Waals surface area contributed by atoms with Crippen molar-refractivity contribution >= 4 is 46.5 Å². The zero-order valence-corrected chi connectivity index (χ0v) is 12.3. The second-order valence-electron chi connectivity index (χ2n) is 3.95. The summed E-state index contributed by atoms with van der Waals surface area (Å²) in [5, 5.41) is 9.83. The van der Waals surface area contributed by atoms with E-state index < -0.39 is 0 Å². The third-order valence-corrected chi connectivity index (χ3v) is 3.96. The third-order valence-electron chi connectivity index (χ3n) is 2.44. The predicted octanol–water partition coefficient (Wildman–Crippen LogP) is 2.78. The molecule has 0 bridgehead atoms. The van der Waals surface area contributed by atoms with Crippen LogP contribution < -0.4 is 5.73 Å². The Bertz CT molecular complexity index is 602. The number of carbonyl (C=O) groups is 1.